The minimum atomic E-state index is -0.109. The number of carbonyl (C=O) groups excluding carboxylic acids is 1. The maximum Gasteiger partial charge on any atom is 0.270 e. The fourth-order valence-corrected chi connectivity index (χ4v) is 2.77. The van der Waals surface area contributed by atoms with E-state index < -0.39 is 0 Å². The van der Waals surface area contributed by atoms with Crippen molar-refractivity contribution >= 4 is 17.7 Å². The molecule has 5 nitrogen and oxygen atoms in total. The first-order chi connectivity index (χ1) is 9.69. The van der Waals surface area contributed by atoms with Crippen LogP contribution in [-0.4, -0.2) is 53.2 Å². The number of likely N-dealkylation sites (tertiary alicyclic amines) is 1. The van der Waals surface area contributed by atoms with E-state index in [-0.39, 0.29) is 5.91 Å². The Morgan fingerprint density at radius 2 is 2.10 bits per heavy atom. The standard InChI is InChI=1S/C14H22N4OS/c1-11-10-12(17-14(16-11)20-2)13(19)15-6-9-18-7-4-3-5-8-18/h10H,3-9H2,1-2H3,(H,15,19). The van der Waals surface area contributed by atoms with Crippen LogP contribution in [0.15, 0.2) is 11.2 Å². The molecule has 1 saturated heterocycles. The zero-order valence-corrected chi connectivity index (χ0v) is 13.0. The Hall–Kier alpha value is -1.14. The van der Waals surface area contributed by atoms with Crippen molar-refractivity contribution < 1.29 is 4.79 Å². The molecule has 2 heterocycles. The van der Waals surface area contributed by atoms with Crippen LogP contribution in [0.5, 0.6) is 0 Å². The van der Waals surface area contributed by atoms with E-state index in [9.17, 15) is 4.79 Å². The largest absolute Gasteiger partial charge is 0.349 e. The number of thioether (sulfide) groups is 1. The second-order valence-electron chi connectivity index (χ2n) is 5.04. The van der Waals surface area contributed by atoms with Crippen LogP contribution < -0.4 is 5.32 Å². The smallest absolute Gasteiger partial charge is 0.270 e. The van der Waals surface area contributed by atoms with Crippen LogP contribution in [0.4, 0.5) is 0 Å². The number of carbonyl (C=O) groups is 1. The number of hydrogen-bond donors (Lipinski definition) is 1. The summed E-state index contributed by atoms with van der Waals surface area (Å²) in [4.78, 5) is 23.0. The summed E-state index contributed by atoms with van der Waals surface area (Å²) in [5.74, 6) is -0.109. The second kappa shape index (κ2) is 7.59. The molecule has 1 aliphatic heterocycles. The zero-order chi connectivity index (χ0) is 14.4. The molecule has 1 aromatic heterocycles. The van der Waals surface area contributed by atoms with Gasteiger partial charge in [-0.05, 0) is 45.2 Å². The van der Waals surface area contributed by atoms with Crippen LogP contribution in [0.3, 0.4) is 0 Å². The Morgan fingerprint density at radius 1 is 1.35 bits per heavy atom. The minimum Gasteiger partial charge on any atom is -0.349 e. The van der Waals surface area contributed by atoms with Crippen molar-refractivity contribution in [2.45, 2.75) is 31.3 Å². The molecular weight excluding hydrogens is 272 g/mol. The van der Waals surface area contributed by atoms with E-state index >= 15 is 0 Å². The Morgan fingerprint density at radius 3 is 2.80 bits per heavy atom. The van der Waals surface area contributed by atoms with Crippen molar-refractivity contribution in [1.29, 1.82) is 0 Å². The van der Waals surface area contributed by atoms with Crippen molar-refractivity contribution in [1.82, 2.24) is 20.2 Å². The Bertz CT molecular complexity index is 460. The van der Waals surface area contributed by atoms with E-state index in [0.717, 1.165) is 25.3 Å². The van der Waals surface area contributed by atoms with Crippen molar-refractivity contribution in [3.8, 4) is 0 Å². The monoisotopic (exact) mass is 294 g/mol. The molecular formula is C14H22N4OS. The molecule has 1 fully saturated rings. The lowest BCUT2D eigenvalue weighted by Gasteiger charge is -2.26. The Balaban J connectivity index is 1.83. The number of piperidine rings is 1. The van der Waals surface area contributed by atoms with Gasteiger partial charge in [0.15, 0.2) is 5.16 Å². The number of hydrogen-bond acceptors (Lipinski definition) is 5. The average molecular weight is 294 g/mol. The Labute approximate surface area is 124 Å². The SMILES string of the molecule is CSc1nc(C)cc(C(=O)NCCN2CCCCC2)n1. The summed E-state index contributed by atoms with van der Waals surface area (Å²) in [6, 6.07) is 1.73. The molecule has 0 saturated carbocycles. The Kier molecular flexibility index (Phi) is 5.79. The van der Waals surface area contributed by atoms with Gasteiger partial charge in [0.25, 0.3) is 5.91 Å². The molecule has 1 N–H and O–H groups in total. The van der Waals surface area contributed by atoms with E-state index in [1.807, 2.05) is 13.2 Å². The minimum absolute atomic E-state index is 0.109. The molecule has 0 spiro atoms. The molecule has 6 heteroatoms. The summed E-state index contributed by atoms with van der Waals surface area (Å²) in [7, 11) is 0. The highest BCUT2D eigenvalue weighted by Crippen LogP contribution is 2.10. The van der Waals surface area contributed by atoms with Crippen molar-refractivity contribution in [3.63, 3.8) is 0 Å². The lowest BCUT2D eigenvalue weighted by molar-refractivity contribution is 0.0940. The summed E-state index contributed by atoms with van der Waals surface area (Å²) in [6.07, 6.45) is 5.79. The summed E-state index contributed by atoms with van der Waals surface area (Å²) >= 11 is 1.45. The van der Waals surface area contributed by atoms with Crippen molar-refractivity contribution in [3.05, 3.63) is 17.5 Å². The number of amides is 1. The molecule has 110 valence electrons. The predicted molar refractivity (Wildman–Crippen MR) is 81.2 cm³/mol. The van der Waals surface area contributed by atoms with Gasteiger partial charge >= 0.3 is 0 Å². The molecule has 20 heavy (non-hydrogen) atoms. The van der Waals surface area contributed by atoms with Gasteiger partial charge in [-0.3, -0.25) is 4.79 Å². The molecule has 0 bridgehead atoms. The summed E-state index contributed by atoms with van der Waals surface area (Å²) in [5.41, 5.74) is 1.28. The molecule has 0 radical (unpaired) electrons. The maximum atomic E-state index is 12.1. The van der Waals surface area contributed by atoms with Gasteiger partial charge in [0.2, 0.25) is 0 Å². The van der Waals surface area contributed by atoms with Gasteiger partial charge in [0.05, 0.1) is 0 Å². The van der Waals surface area contributed by atoms with Crippen molar-refractivity contribution in [2.24, 2.45) is 0 Å². The first-order valence-electron chi connectivity index (χ1n) is 7.09. The number of nitrogens with one attached hydrogen (secondary N) is 1. The highest BCUT2D eigenvalue weighted by Gasteiger charge is 2.12. The zero-order valence-electron chi connectivity index (χ0n) is 12.2. The summed E-state index contributed by atoms with van der Waals surface area (Å²) in [6.45, 7) is 5.78. The van der Waals surface area contributed by atoms with Gasteiger partial charge in [-0.15, -0.1) is 0 Å². The number of nitrogens with zero attached hydrogens (tertiary/aromatic N) is 3. The quantitative estimate of drug-likeness (QED) is 0.662. The van der Waals surface area contributed by atoms with E-state index in [1.54, 1.807) is 6.07 Å². The third kappa shape index (κ3) is 4.45. The van der Waals surface area contributed by atoms with E-state index in [0.29, 0.717) is 17.4 Å². The topological polar surface area (TPSA) is 58.1 Å². The van der Waals surface area contributed by atoms with Gasteiger partial charge in [-0.25, -0.2) is 9.97 Å². The van der Waals surface area contributed by atoms with Gasteiger partial charge in [0, 0.05) is 18.8 Å². The van der Waals surface area contributed by atoms with E-state index in [2.05, 4.69) is 20.2 Å². The van der Waals surface area contributed by atoms with Gasteiger partial charge in [-0.2, -0.15) is 0 Å². The average Bonchev–Trinajstić information content (AvgIpc) is 2.47. The molecule has 0 atom stereocenters. The fraction of sp³-hybridized carbons (Fsp3) is 0.643. The fourth-order valence-electron chi connectivity index (χ4n) is 2.35. The lowest BCUT2D eigenvalue weighted by atomic mass is 10.1. The molecule has 0 aliphatic carbocycles. The second-order valence-corrected chi connectivity index (χ2v) is 5.81. The first kappa shape index (κ1) is 15.3. The highest BCUT2D eigenvalue weighted by molar-refractivity contribution is 7.98. The highest BCUT2D eigenvalue weighted by atomic mass is 32.2. The van der Waals surface area contributed by atoms with Gasteiger partial charge < -0.3 is 10.2 Å². The molecule has 2 rings (SSSR count). The summed E-state index contributed by atoms with van der Waals surface area (Å²) in [5, 5.41) is 3.59. The van der Waals surface area contributed by atoms with Gasteiger partial charge in [0.1, 0.15) is 5.69 Å². The van der Waals surface area contributed by atoms with Crippen LogP contribution in [0.25, 0.3) is 0 Å². The molecule has 1 aromatic rings. The van der Waals surface area contributed by atoms with E-state index in [1.165, 1.54) is 31.0 Å². The molecule has 1 aliphatic rings. The van der Waals surface area contributed by atoms with Crippen LogP contribution in [0.1, 0.15) is 35.4 Å². The third-order valence-corrected chi connectivity index (χ3v) is 3.96. The van der Waals surface area contributed by atoms with Crippen molar-refractivity contribution in [2.75, 3.05) is 32.4 Å². The van der Waals surface area contributed by atoms with Gasteiger partial charge in [-0.1, -0.05) is 18.2 Å². The first-order valence-corrected chi connectivity index (χ1v) is 8.32. The maximum absolute atomic E-state index is 12.1. The van der Waals surface area contributed by atoms with Crippen LogP contribution in [0.2, 0.25) is 0 Å². The van der Waals surface area contributed by atoms with Crippen LogP contribution >= 0.6 is 11.8 Å². The summed E-state index contributed by atoms with van der Waals surface area (Å²) < 4.78 is 0. The third-order valence-electron chi connectivity index (χ3n) is 3.41. The number of rotatable bonds is 5. The molecule has 0 unspecified atom stereocenters. The predicted octanol–water partition coefficient (Wildman–Crippen LogP) is 1.72. The molecule has 0 aromatic carbocycles. The molecule has 1 amide bonds. The normalized spacial score (nSPS) is 16.1. The van der Waals surface area contributed by atoms with Crippen LogP contribution in [-0.2, 0) is 0 Å². The number of aryl methyl sites for hydroxylation is 1. The van der Waals surface area contributed by atoms with E-state index in [4.69, 9.17) is 0 Å². The van der Waals surface area contributed by atoms with Crippen LogP contribution in [0, 0.1) is 6.92 Å². The lowest BCUT2D eigenvalue weighted by Crippen LogP contribution is -2.37. The number of aromatic nitrogens is 2.